The van der Waals surface area contributed by atoms with Crippen LogP contribution >= 0.6 is 11.3 Å². The third-order valence-corrected chi connectivity index (χ3v) is 5.17. The lowest BCUT2D eigenvalue weighted by molar-refractivity contribution is 0.102. The predicted molar refractivity (Wildman–Crippen MR) is 111 cm³/mol. The molecule has 7 nitrogen and oxygen atoms in total. The highest BCUT2D eigenvalue weighted by atomic mass is 32.1. The molecule has 0 unspecified atom stereocenters. The van der Waals surface area contributed by atoms with Crippen molar-refractivity contribution in [2.75, 3.05) is 5.32 Å². The van der Waals surface area contributed by atoms with Gasteiger partial charge in [0.15, 0.2) is 5.76 Å². The van der Waals surface area contributed by atoms with E-state index in [2.05, 4.69) is 20.4 Å². The molecule has 1 amide bonds. The van der Waals surface area contributed by atoms with Gasteiger partial charge in [0.25, 0.3) is 5.91 Å². The topological polar surface area (TPSA) is 85.8 Å². The van der Waals surface area contributed by atoms with E-state index < -0.39 is 0 Å². The van der Waals surface area contributed by atoms with Crippen LogP contribution in [0.4, 0.5) is 5.82 Å². The SMILES string of the molecule is Cc1cc(NC(=O)c2ccc3ccccc3n2)n(-c2nc(-c3ccco3)cs2)n1. The van der Waals surface area contributed by atoms with Crippen LogP contribution in [0.15, 0.2) is 70.7 Å². The first-order chi connectivity index (χ1) is 14.2. The van der Waals surface area contributed by atoms with E-state index in [4.69, 9.17) is 4.42 Å². The van der Waals surface area contributed by atoms with Gasteiger partial charge in [-0.3, -0.25) is 4.79 Å². The summed E-state index contributed by atoms with van der Waals surface area (Å²) in [4.78, 5) is 21.8. The molecule has 4 aromatic heterocycles. The standard InChI is InChI=1S/C21H15N5O2S/c1-13-11-19(24-20(27)16-9-8-14-5-2-3-6-15(14)22-16)26(25-13)21-23-17(12-29-21)18-7-4-10-28-18/h2-12H,1H3,(H,24,27). The fourth-order valence-electron chi connectivity index (χ4n) is 3.01. The number of rotatable bonds is 4. The van der Waals surface area contributed by atoms with E-state index in [0.29, 0.717) is 22.4 Å². The van der Waals surface area contributed by atoms with E-state index in [1.165, 1.54) is 11.3 Å². The summed E-state index contributed by atoms with van der Waals surface area (Å²) < 4.78 is 7.01. The minimum absolute atomic E-state index is 0.306. The summed E-state index contributed by atoms with van der Waals surface area (Å²) in [6.07, 6.45) is 1.61. The van der Waals surface area contributed by atoms with Crippen LogP contribution in [0.25, 0.3) is 27.5 Å². The number of pyridine rings is 1. The highest BCUT2D eigenvalue weighted by Gasteiger charge is 2.17. The van der Waals surface area contributed by atoms with Gasteiger partial charge in [0, 0.05) is 16.8 Å². The van der Waals surface area contributed by atoms with Crippen LogP contribution < -0.4 is 5.32 Å². The monoisotopic (exact) mass is 401 g/mol. The van der Waals surface area contributed by atoms with Crippen molar-refractivity contribution in [2.45, 2.75) is 6.92 Å². The molecule has 8 heteroatoms. The molecular formula is C21H15N5O2S. The number of para-hydroxylation sites is 1. The Kier molecular flexibility index (Phi) is 4.18. The molecule has 1 aromatic carbocycles. The Labute approximate surface area is 169 Å². The number of nitrogens with zero attached hydrogens (tertiary/aromatic N) is 4. The first kappa shape index (κ1) is 17.3. The zero-order valence-electron chi connectivity index (χ0n) is 15.4. The number of furan rings is 1. The highest BCUT2D eigenvalue weighted by Crippen LogP contribution is 2.26. The summed E-state index contributed by atoms with van der Waals surface area (Å²) in [7, 11) is 0. The van der Waals surface area contributed by atoms with Gasteiger partial charge in [0.2, 0.25) is 5.13 Å². The number of fused-ring (bicyclic) bond motifs is 1. The lowest BCUT2D eigenvalue weighted by Gasteiger charge is -2.07. The Hall–Kier alpha value is -3.78. The Morgan fingerprint density at radius 1 is 1.10 bits per heavy atom. The molecule has 0 radical (unpaired) electrons. The number of amides is 1. The molecule has 0 aliphatic rings. The largest absolute Gasteiger partial charge is 0.463 e. The van der Waals surface area contributed by atoms with Crippen LogP contribution in [-0.4, -0.2) is 25.7 Å². The molecule has 0 aliphatic heterocycles. The molecule has 0 bridgehead atoms. The average molecular weight is 401 g/mol. The van der Waals surface area contributed by atoms with Crippen LogP contribution in [-0.2, 0) is 0 Å². The molecule has 0 fully saturated rings. The predicted octanol–water partition coefficient (Wildman–Crippen LogP) is 4.70. The number of aryl methyl sites for hydroxylation is 1. The third-order valence-electron chi connectivity index (χ3n) is 4.35. The van der Waals surface area contributed by atoms with Crippen molar-refractivity contribution >= 4 is 34.0 Å². The van der Waals surface area contributed by atoms with Gasteiger partial charge in [-0.05, 0) is 31.2 Å². The van der Waals surface area contributed by atoms with Gasteiger partial charge in [0.1, 0.15) is 17.2 Å². The van der Waals surface area contributed by atoms with Gasteiger partial charge in [-0.25, -0.2) is 9.97 Å². The van der Waals surface area contributed by atoms with Gasteiger partial charge in [-0.2, -0.15) is 9.78 Å². The van der Waals surface area contributed by atoms with Crippen molar-refractivity contribution in [1.82, 2.24) is 19.7 Å². The zero-order valence-corrected chi connectivity index (χ0v) is 16.2. The number of benzene rings is 1. The molecule has 0 atom stereocenters. The van der Waals surface area contributed by atoms with E-state index in [1.54, 1.807) is 23.1 Å². The van der Waals surface area contributed by atoms with Crippen LogP contribution in [0.5, 0.6) is 0 Å². The third kappa shape index (κ3) is 3.30. The molecule has 0 saturated heterocycles. The van der Waals surface area contributed by atoms with Gasteiger partial charge in [-0.1, -0.05) is 24.3 Å². The van der Waals surface area contributed by atoms with Gasteiger partial charge in [0.05, 0.1) is 17.5 Å². The van der Waals surface area contributed by atoms with Gasteiger partial charge >= 0.3 is 0 Å². The van der Waals surface area contributed by atoms with Crippen molar-refractivity contribution in [3.8, 4) is 16.6 Å². The van der Waals surface area contributed by atoms with E-state index in [-0.39, 0.29) is 5.91 Å². The lowest BCUT2D eigenvalue weighted by atomic mass is 10.2. The number of anilines is 1. The van der Waals surface area contributed by atoms with Gasteiger partial charge < -0.3 is 9.73 Å². The molecule has 0 saturated carbocycles. The van der Waals surface area contributed by atoms with Crippen molar-refractivity contribution in [2.24, 2.45) is 0 Å². The Bertz CT molecular complexity index is 1320. The molecule has 142 valence electrons. The Balaban J connectivity index is 1.45. The second-order valence-electron chi connectivity index (χ2n) is 6.42. The Morgan fingerprint density at radius 2 is 2.00 bits per heavy atom. The molecular weight excluding hydrogens is 386 g/mol. The second-order valence-corrected chi connectivity index (χ2v) is 7.26. The quantitative estimate of drug-likeness (QED) is 0.472. The summed E-state index contributed by atoms with van der Waals surface area (Å²) in [5.74, 6) is 0.907. The lowest BCUT2D eigenvalue weighted by Crippen LogP contribution is -2.16. The molecule has 1 N–H and O–H groups in total. The van der Waals surface area contributed by atoms with E-state index in [9.17, 15) is 4.79 Å². The summed E-state index contributed by atoms with van der Waals surface area (Å²) in [5, 5.41) is 10.9. The van der Waals surface area contributed by atoms with E-state index in [0.717, 1.165) is 22.3 Å². The minimum atomic E-state index is -0.306. The number of hydrogen-bond acceptors (Lipinski definition) is 6. The average Bonchev–Trinajstić information content (AvgIpc) is 3.48. The fourth-order valence-corrected chi connectivity index (χ4v) is 3.78. The van der Waals surface area contributed by atoms with Crippen molar-refractivity contribution in [3.63, 3.8) is 0 Å². The van der Waals surface area contributed by atoms with Gasteiger partial charge in [-0.15, -0.1) is 11.3 Å². The molecule has 0 spiro atoms. The number of carbonyl (C=O) groups excluding carboxylic acids is 1. The maximum atomic E-state index is 12.8. The van der Waals surface area contributed by atoms with Crippen LogP contribution in [0, 0.1) is 6.92 Å². The summed E-state index contributed by atoms with van der Waals surface area (Å²) in [6, 6.07) is 16.7. The fraction of sp³-hybridized carbons (Fsp3) is 0.0476. The van der Waals surface area contributed by atoms with E-state index in [1.807, 2.05) is 54.8 Å². The van der Waals surface area contributed by atoms with Crippen LogP contribution in [0.2, 0.25) is 0 Å². The number of hydrogen-bond donors (Lipinski definition) is 1. The highest BCUT2D eigenvalue weighted by molar-refractivity contribution is 7.12. The number of nitrogens with one attached hydrogen (secondary N) is 1. The normalized spacial score (nSPS) is 11.1. The molecule has 0 aliphatic carbocycles. The molecule has 5 rings (SSSR count). The zero-order chi connectivity index (χ0) is 19.8. The minimum Gasteiger partial charge on any atom is -0.463 e. The smallest absolute Gasteiger partial charge is 0.275 e. The van der Waals surface area contributed by atoms with Crippen molar-refractivity contribution in [3.05, 3.63) is 77.6 Å². The summed E-state index contributed by atoms with van der Waals surface area (Å²) in [5.41, 5.74) is 2.59. The van der Waals surface area contributed by atoms with Crippen LogP contribution in [0.1, 0.15) is 16.2 Å². The number of carbonyl (C=O) groups is 1. The first-order valence-electron chi connectivity index (χ1n) is 8.91. The van der Waals surface area contributed by atoms with Crippen molar-refractivity contribution in [1.29, 1.82) is 0 Å². The molecule has 29 heavy (non-hydrogen) atoms. The van der Waals surface area contributed by atoms with Crippen molar-refractivity contribution < 1.29 is 9.21 Å². The summed E-state index contributed by atoms with van der Waals surface area (Å²) in [6.45, 7) is 1.86. The maximum absolute atomic E-state index is 12.8. The number of aromatic nitrogens is 4. The van der Waals surface area contributed by atoms with Crippen LogP contribution in [0.3, 0.4) is 0 Å². The molecule has 4 heterocycles. The maximum Gasteiger partial charge on any atom is 0.275 e. The summed E-state index contributed by atoms with van der Waals surface area (Å²) >= 11 is 1.42. The number of thiazole rings is 1. The Morgan fingerprint density at radius 3 is 2.86 bits per heavy atom. The van der Waals surface area contributed by atoms with E-state index >= 15 is 0 Å². The molecule has 5 aromatic rings. The second kappa shape index (κ2) is 6.99. The first-order valence-corrected chi connectivity index (χ1v) is 9.79.